The number of benzene rings is 2. The van der Waals surface area contributed by atoms with Crippen LogP contribution in [0.25, 0.3) is 16.6 Å². The topological polar surface area (TPSA) is 166 Å². The number of fused-ring (bicyclic) bond motifs is 1. The number of aliphatic hydroxyl groups excluding tert-OH is 1. The van der Waals surface area contributed by atoms with Gasteiger partial charge in [0.15, 0.2) is 12.4 Å². The Labute approximate surface area is 213 Å². The number of ether oxygens (including phenoxy) is 2. The second kappa shape index (κ2) is 11.5. The lowest BCUT2D eigenvalue weighted by Gasteiger charge is -2.19. The quantitative estimate of drug-likeness (QED) is 0.344. The van der Waals surface area contributed by atoms with Crippen LogP contribution in [0.2, 0.25) is 0 Å². The van der Waals surface area contributed by atoms with Crippen molar-refractivity contribution in [1.82, 2.24) is 19.6 Å². The average Bonchev–Trinajstić information content (AvgIpc) is 2.86. The first kappa shape index (κ1) is 27.8. The molecule has 13 heteroatoms. The molecule has 0 saturated heterocycles. The van der Waals surface area contributed by atoms with Crippen molar-refractivity contribution in [3.63, 3.8) is 0 Å². The van der Waals surface area contributed by atoms with Crippen LogP contribution in [0.15, 0.2) is 40.0 Å². The molecule has 1 amide bonds. The third-order valence-corrected chi connectivity index (χ3v) is 6.99. The molecule has 3 aromatic rings. The zero-order valence-corrected chi connectivity index (χ0v) is 21.6. The number of rotatable bonds is 9. The molecule has 0 aliphatic carbocycles. The van der Waals surface area contributed by atoms with E-state index in [9.17, 15) is 22.8 Å². The molecule has 1 aromatic heterocycles. The molecule has 1 heterocycles. The molecule has 0 bridgehead atoms. The number of para-hydroxylation sites is 1. The highest BCUT2D eigenvalue weighted by Gasteiger charge is 2.25. The summed E-state index contributed by atoms with van der Waals surface area (Å²) in [6.45, 7) is 4.20. The van der Waals surface area contributed by atoms with Gasteiger partial charge in [-0.1, -0.05) is 12.1 Å². The molecule has 0 aliphatic heterocycles. The van der Waals surface area contributed by atoms with Gasteiger partial charge in [-0.2, -0.15) is 0 Å². The van der Waals surface area contributed by atoms with Gasteiger partial charge in [-0.3, -0.25) is 9.36 Å². The van der Waals surface area contributed by atoms with E-state index in [0.29, 0.717) is 12.1 Å². The summed E-state index contributed by atoms with van der Waals surface area (Å²) < 4.78 is 39.1. The summed E-state index contributed by atoms with van der Waals surface area (Å²) in [6, 6.07) is 7.33. The van der Waals surface area contributed by atoms with Crippen LogP contribution in [0.4, 0.5) is 4.79 Å². The number of aromatic nitrogens is 2. The largest absolute Gasteiger partial charge is 0.460 e. The first-order chi connectivity index (χ1) is 17.6. The number of carbonyl (C=O) groups excluding carboxylic acids is 2. The third kappa shape index (κ3) is 5.63. The highest BCUT2D eigenvalue weighted by atomic mass is 32.2. The minimum absolute atomic E-state index is 0.0184. The lowest BCUT2D eigenvalue weighted by atomic mass is 9.98. The lowest BCUT2D eigenvalue weighted by molar-refractivity contribution is 0.0432. The molecule has 0 saturated carbocycles. The van der Waals surface area contributed by atoms with Gasteiger partial charge in [0.25, 0.3) is 5.56 Å². The van der Waals surface area contributed by atoms with Gasteiger partial charge in [-0.05, 0) is 57.1 Å². The first-order valence-corrected chi connectivity index (χ1v) is 12.8. The molecular formula is C24H28N4O8S. The first-order valence-electron chi connectivity index (χ1n) is 11.3. The number of aliphatic hydroxyl groups is 1. The van der Waals surface area contributed by atoms with Crippen molar-refractivity contribution >= 4 is 33.0 Å². The Morgan fingerprint density at radius 3 is 2.51 bits per heavy atom. The lowest BCUT2D eigenvalue weighted by Crippen LogP contribution is -2.30. The summed E-state index contributed by atoms with van der Waals surface area (Å²) in [5.41, 5.74) is 0.412. The Hall–Kier alpha value is -3.81. The van der Waals surface area contributed by atoms with E-state index >= 15 is 0 Å². The molecule has 3 N–H and O–H groups in total. The minimum atomic E-state index is -4.01. The van der Waals surface area contributed by atoms with E-state index in [4.69, 9.17) is 14.6 Å². The van der Waals surface area contributed by atoms with Crippen LogP contribution in [0.3, 0.4) is 0 Å². The number of carbonyl (C=O) groups is 2. The van der Waals surface area contributed by atoms with Gasteiger partial charge in [0.2, 0.25) is 10.0 Å². The molecule has 0 aliphatic rings. The van der Waals surface area contributed by atoms with Crippen molar-refractivity contribution in [1.29, 1.82) is 0 Å². The Bertz CT molecular complexity index is 1520. The fourth-order valence-corrected chi connectivity index (χ4v) is 4.83. The zero-order chi connectivity index (χ0) is 27.3. The second-order valence-corrected chi connectivity index (χ2v) is 9.75. The molecule has 0 unspecified atom stereocenters. The summed E-state index contributed by atoms with van der Waals surface area (Å²) in [4.78, 5) is 42.9. The molecule has 3 rings (SSSR count). The zero-order valence-electron chi connectivity index (χ0n) is 20.8. The minimum Gasteiger partial charge on any atom is -0.460 e. The van der Waals surface area contributed by atoms with E-state index in [0.717, 1.165) is 4.57 Å². The van der Waals surface area contributed by atoms with Crippen molar-refractivity contribution in [2.45, 2.75) is 32.3 Å². The highest BCUT2D eigenvalue weighted by molar-refractivity contribution is 7.89. The van der Waals surface area contributed by atoms with Crippen molar-refractivity contribution < 1.29 is 32.6 Å². The summed E-state index contributed by atoms with van der Waals surface area (Å²) in [6.07, 6.45) is -0.742. The molecule has 0 atom stereocenters. The maximum atomic E-state index is 14.0. The summed E-state index contributed by atoms with van der Waals surface area (Å²) >= 11 is 0. The van der Waals surface area contributed by atoms with Crippen LogP contribution in [0.5, 0.6) is 0 Å². The van der Waals surface area contributed by atoms with Gasteiger partial charge in [0, 0.05) is 6.54 Å². The number of hydrogen-bond acceptors (Lipinski definition) is 9. The van der Waals surface area contributed by atoms with Crippen LogP contribution in [0, 0.1) is 13.8 Å². The van der Waals surface area contributed by atoms with Gasteiger partial charge >= 0.3 is 12.1 Å². The van der Waals surface area contributed by atoms with Crippen molar-refractivity contribution in [3.8, 4) is 5.69 Å². The number of sulfonamides is 1. The summed E-state index contributed by atoms with van der Waals surface area (Å²) in [5, 5.41) is 11.5. The molecule has 0 radical (unpaired) electrons. The van der Waals surface area contributed by atoms with E-state index in [1.54, 1.807) is 26.8 Å². The van der Waals surface area contributed by atoms with Crippen LogP contribution < -0.4 is 15.6 Å². The van der Waals surface area contributed by atoms with E-state index in [2.05, 4.69) is 15.0 Å². The van der Waals surface area contributed by atoms with Crippen molar-refractivity contribution in [2.24, 2.45) is 0 Å². The van der Waals surface area contributed by atoms with E-state index in [1.807, 2.05) is 0 Å². The summed E-state index contributed by atoms with van der Waals surface area (Å²) in [5.74, 6) is -0.754. The van der Waals surface area contributed by atoms with Gasteiger partial charge in [0.05, 0.1) is 28.8 Å². The monoisotopic (exact) mass is 532 g/mol. The number of aryl methyl sites for hydroxylation is 2. The van der Waals surface area contributed by atoms with E-state index in [-0.39, 0.29) is 51.7 Å². The van der Waals surface area contributed by atoms with E-state index in [1.165, 1.54) is 31.3 Å². The van der Waals surface area contributed by atoms with Crippen LogP contribution in [-0.2, 0) is 26.1 Å². The maximum absolute atomic E-state index is 14.0. The molecule has 198 valence electrons. The number of amides is 1. The predicted molar refractivity (Wildman–Crippen MR) is 134 cm³/mol. The maximum Gasteiger partial charge on any atom is 0.407 e. The smallest absolute Gasteiger partial charge is 0.407 e. The number of nitrogens with zero attached hydrogens (tertiary/aromatic N) is 2. The molecule has 12 nitrogen and oxygen atoms in total. The Morgan fingerprint density at radius 1 is 1.16 bits per heavy atom. The SMILES string of the molecule is CCNC(=O)OCc1nc2cc(C)c(C(=O)OCCO)c(C)c2c(=O)n1-c1ccccc1S(=O)(=O)NC. The Balaban J connectivity index is 2.38. The van der Waals surface area contributed by atoms with Gasteiger partial charge in [0.1, 0.15) is 11.5 Å². The molecule has 0 fully saturated rings. The van der Waals surface area contributed by atoms with Gasteiger partial charge < -0.3 is 19.9 Å². The summed E-state index contributed by atoms with van der Waals surface area (Å²) in [7, 11) is -2.77. The van der Waals surface area contributed by atoms with Crippen molar-refractivity contribution in [2.75, 3.05) is 26.8 Å². The standard InChI is InChI=1S/C24H28N4O8S/c1-5-26-24(32)36-13-19-27-16-12-14(2)20(23(31)35-11-10-29)15(3)21(16)22(30)28(19)17-8-6-7-9-18(17)37(33,34)25-4/h6-9,12,25,29H,5,10-11,13H2,1-4H3,(H,26,32). The fourth-order valence-electron chi connectivity index (χ4n) is 3.91. The molecule has 0 spiro atoms. The molecule has 2 aromatic carbocycles. The number of alkyl carbamates (subject to hydrolysis) is 1. The third-order valence-electron chi connectivity index (χ3n) is 5.52. The number of nitrogens with one attached hydrogen (secondary N) is 2. The van der Waals surface area contributed by atoms with Crippen LogP contribution in [0.1, 0.15) is 34.2 Å². The fraction of sp³-hybridized carbons (Fsp3) is 0.333. The molecule has 37 heavy (non-hydrogen) atoms. The number of hydrogen-bond donors (Lipinski definition) is 3. The second-order valence-electron chi connectivity index (χ2n) is 7.90. The molecular weight excluding hydrogens is 504 g/mol. The Morgan fingerprint density at radius 2 is 1.86 bits per heavy atom. The normalized spacial score (nSPS) is 11.4. The Kier molecular flexibility index (Phi) is 8.63. The predicted octanol–water partition coefficient (Wildman–Crippen LogP) is 1.31. The van der Waals surface area contributed by atoms with Gasteiger partial charge in [-0.15, -0.1) is 0 Å². The van der Waals surface area contributed by atoms with Gasteiger partial charge in [-0.25, -0.2) is 27.7 Å². The number of esters is 1. The van der Waals surface area contributed by atoms with E-state index < -0.39 is 34.3 Å². The highest BCUT2D eigenvalue weighted by Crippen LogP contribution is 2.26. The average molecular weight is 533 g/mol. The van der Waals surface area contributed by atoms with Crippen molar-refractivity contribution in [3.05, 3.63) is 63.2 Å². The van der Waals surface area contributed by atoms with Crippen LogP contribution in [-0.4, -0.2) is 61.9 Å². The van der Waals surface area contributed by atoms with Crippen LogP contribution >= 0.6 is 0 Å².